The van der Waals surface area contributed by atoms with E-state index in [9.17, 15) is 5.11 Å². The van der Waals surface area contributed by atoms with Crippen molar-refractivity contribution < 1.29 is 5.11 Å². The Hall–Kier alpha value is -0.520. The van der Waals surface area contributed by atoms with E-state index in [1.54, 1.807) is 6.07 Å². The summed E-state index contributed by atoms with van der Waals surface area (Å²) in [7, 11) is 0. The number of rotatable bonds is 3. The van der Waals surface area contributed by atoms with E-state index < -0.39 is 0 Å². The van der Waals surface area contributed by atoms with Crippen molar-refractivity contribution in [1.82, 2.24) is 9.97 Å². The summed E-state index contributed by atoms with van der Waals surface area (Å²) in [5, 5.41) is 10.4. The maximum absolute atomic E-state index is 9.27. The Balaban J connectivity index is 2.28. The Morgan fingerprint density at radius 3 is 3.12 bits per heavy atom. The Labute approximate surface area is 104 Å². The van der Waals surface area contributed by atoms with Gasteiger partial charge in [-0.2, -0.15) is 0 Å². The van der Waals surface area contributed by atoms with Gasteiger partial charge in [0.2, 0.25) is 0 Å². The van der Waals surface area contributed by atoms with Crippen LogP contribution in [0.5, 0.6) is 0 Å². The minimum atomic E-state index is 0.163. The number of thioether (sulfide) groups is 1. The Kier molecular flexibility index (Phi) is 3.89. The Bertz CT molecular complexity index is 377. The molecule has 0 saturated carbocycles. The van der Waals surface area contributed by atoms with Crippen molar-refractivity contribution in [3.05, 3.63) is 11.2 Å². The second-order valence-corrected chi connectivity index (χ2v) is 4.87. The van der Waals surface area contributed by atoms with Gasteiger partial charge in [0.25, 0.3) is 0 Å². The molecule has 0 amide bonds. The molecule has 1 N–H and O–H groups in total. The third-order valence-corrected chi connectivity index (χ3v) is 3.47. The lowest BCUT2D eigenvalue weighted by molar-refractivity contribution is 0.266. The average molecular weight is 260 g/mol. The second-order valence-electron chi connectivity index (χ2n) is 3.71. The minimum absolute atomic E-state index is 0.163. The standard InChI is InChI=1S/C10H14ClN3OS/c1-16-10-12-8(11)5-9(13-10)14-4-2-3-7(14)6-15/h5,7,15H,2-4,6H2,1H3/t7-/m0/s1. The highest BCUT2D eigenvalue weighted by Gasteiger charge is 2.25. The number of aromatic nitrogens is 2. The first-order chi connectivity index (χ1) is 7.74. The fourth-order valence-electron chi connectivity index (χ4n) is 1.95. The quantitative estimate of drug-likeness (QED) is 0.510. The van der Waals surface area contributed by atoms with Crippen LogP contribution < -0.4 is 4.90 Å². The smallest absolute Gasteiger partial charge is 0.190 e. The molecule has 1 aromatic heterocycles. The van der Waals surface area contributed by atoms with Crippen LogP contribution in [0.3, 0.4) is 0 Å². The van der Waals surface area contributed by atoms with Gasteiger partial charge in [-0.05, 0) is 19.1 Å². The average Bonchev–Trinajstić information content (AvgIpc) is 2.76. The van der Waals surface area contributed by atoms with Crippen molar-refractivity contribution in [3.8, 4) is 0 Å². The first kappa shape index (κ1) is 12.0. The van der Waals surface area contributed by atoms with Crippen LogP contribution in [0.4, 0.5) is 5.82 Å². The third kappa shape index (κ3) is 2.42. The predicted octanol–water partition coefficient (Wildman–Crippen LogP) is 1.81. The molecule has 0 radical (unpaired) electrons. The molecule has 0 unspecified atom stereocenters. The van der Waals surface area contributed by atoms with E-state index in [2.05, 4.69) is 14.9 Å². The van der Waals surface area contributed by atoms with E-state index in [4.69, 9.17) is 11.6 Å². The molecule has 1 aliphatic rings. The van der Waals surface area contributed by atoms with Crippen LogP contribution >= 0.6 is 23.4 Å². The number of halogens is 1. The lowest BCUT2D eigenvalue weighted by Crippen LogP contribution is -2.32. The summed E-state index contributed by atoms with van der Waals surface area (Å²) in [5.74, 6) is 0.820. The molecule has 4 nitrogen and oxygen atoms in total. The molecule has 0 spiro atoms. The van der Waals surface area contributed by atoms with Crippen LogP contribution in [0.25, 0.3) is 0 Å². The molecule has 2 rings (SSSR count). The molecule has 1 atom stereocenters. The van der Waals surface area contributed by atoms with E-state index in [1.165, 1.54) is 11.8 Å². The molecule has 88 valence electrons. The van der Waals surface area contributed by atoms with E-state index in [-0.39, 0.29) is 12.6 Å². The number of aliphatic hydroxyl groups is 1. The van der Waals surface area contributed by atoms with Crippen molar-refractivity contribution >= 4 is 29.2 Å². The monoisotopic (exact) mass is 259 g/mol. The topological polar surface area (TPSA) is 49.2 Å². The molecule has 0 aliphatic carbocycles. The van der Waals surface area contributed by atoms with Gasteiger partial charge in [-0.15, -0.1) is 0 Å². The molecule has 1 fully saturated rings. The van der Waals surface area contributed by atoms with Gasteiger partial charge in [0.15, 0.2) is 5.16 Å². The van der Waals surface area contributed by atoms with E-state index in [0.717, 1.165) is 25.2 Å². The van der Waals surface area contributed by atoms with Gasteiger partial charge < -0.3 is 10.0 Å². The Morgan fingerprint density at radius 2 is 2.44 bits per heavy atom. The van der Waals surface area contributed by atoms with Gasteiger partial charge in [0.05, 0.1) is 12.6 Å². The van der Waals surface area contributed by atoms with Crippen molar-refractivity contribution in [2.75, 3.05) is 24.3 Å². The van der Waals surface area contributed by atoms with Crippen molar-refractivity contribution in [2.45, 2.75) is 24.0 Å². The summed E-state index contributed by atoms with van der Waals surface area (Å²) in [6, 6.07) is 1.93. The largest absolute Gasteiger partial charge is 0.394 e. The zero-order chi connectivity index (χ0) is 11.5. The number of aliphatic hydroxyl groups excluding tert-OH is 1. The Morgan fingerprint density at radius 1 is 1.62 bits per heavy atom. The van der Waals surface area contributed by atoms with Crippen LogP contribution in [0.1, 0.15) is 12.8 Å². The maximum atomic E-state index is 9.27. The van der Waals surface area contributed by atoms with E-state index in [0.29, 0.717) is 10.3 Å². The molecule has 6 heteroatoms. The SMILES string of the molecule is CSc1nc(Cl)cc(N2CCC[C@H]2CO)n1. The summed E-state index contributed by atoms with van der Waals surface area (Å²) in [5.41, 5.74) is 0. The molecule has 0 aromatic carbocycles. The molecule has 0 bridgehead atoms. The third-order valence-electron chi connectivity index (χ3n) is 2.73. The second kappa shape index (κ2) is 5.21. The van der Waals surface area contributed by atoms with Gasteiger partial charge in [0.1, 0.15) is 11.0 Å². The van der Waals surface area contributed by atoms with Gasteiger partial charge >= 0.3 is 0 Å². The van der Waals surface area contributed by atoms with Crippen LogP contribution in [0.15, 0.2) is 11.2 Å². The summed E-state index contributed by atoms with van der Waals surface area (Å²) < 4.78 is 0. The van der Waals surface area contributed by atoms with Crippen molar-refractivity contribution in [1.29, 1.82) is 0 Å². The number of hydrogen-bond donors (Lipinski definition) is 1. The van der Waals surface area contributed by atoms with Gasteiger partial charge in [-0.3, -0.25) is 0 Å². The van der Waals surface area contributed by atoms with E-state index >= 15 is 0 Å². The molecular weight excluding hydrogens is 246 g/mol. The van der Waals surface area contributed by atoms with E-state index in [1.807, 2.05) is 6.26 Å². The molecule has 16 heavy (non-hydrogen) atoms. The molecular formula is C10H14ClN3OS. The molecule has 1 aliphatic heterocycles. The molecule has 2 heterocycles. The summed E-state index contributed by atoms with van der Waals surface area (Å²) in [6.45, 7) is 1.09. The molecule has 1 saturated heterocycles. The van der Waals surface area contributed by atoms with Crippen molar-refractivity contribution in [2.24, 2.45) is 0 Å². The highest BCUT2D eigenvalue weighted by molar-refractivity contribution is 7.98. The van der Waals surface area contributed by atoms with Gasteiger partial charge in [0, 0.05) is 12.6 Å². The highest BCUT2D eigenvalue weighted by Crippen LogP contribution is 2.26. The fraction of sp³-hybridized carbons (Fsp3) is 0.600. The molecule has 1 aromatic rings. The zero-order valence-electron chi connectivity index (χ0n) is 9.06. The summed E-state index contributed by atoms with van der Waals surface area (Å²) >= 11 is 7.41. The van der Waals surface area contributed by atoms with Crippen LogP contribution in [0.2, 0.25) is 5.15 Å². The maximum Gasteiger partial charge on any atom is 0.190 e. The van der Waals surface area contributed by atoms with Gasteiger partial charge in [-0.1, -0.05) is 23.4 Å². The van der Waals surface area contributed by atoms with Gasteiger partial charge in [-0.25, -0.2) is 9.97 Å². The summed E-state index contributed by atoms with van der Waals surface area (Å²) in [6.07, 6.45) is 4.01. The van der Waals surface area contributed by atoms with Crippen molar-refractivity contribution in [3.63, 3.8) is 0 Å². The summed E-state index contributed by atoms with van der Waals surface area (Å²) in [4.78, 5) is 10.6. The predicted molar refractivity (Wildman–Crippen MR) is 66.3 cm³/mol. The number of nitrogens with zero attached hydrogens (tertiary/aromatic N) is 3. The number of hydrogen-bond acceptors (Lipinski definition) is 5. The fourth-order valence-corrected chi connectivity index (χ4v) is 2.55. The first-order valence-corrected chi connectivity index (χ1v) is 6.81. The highest BCUT2D eigenvalue weighted by atomic mass is 35.5. The minimum Gasteiger partial charge on any atom is -0.394 e. The number of anilines is 1. The van der Waals surface area contributed by atoms with Crippen LogP contribution in [0, 0.1) is 0 Å². The normalized spacial score (nSPS) is 20.4. The lowest BCUT2D eigenvalue weighted by Gasteiger charge is -2.24. The van der Waals surface area contributed by atoms with Crippen LogP contribution in [-0.4, -0.2) is 40.5 Å². The zero-order valence-corrected chi connectivity index (χ0v) is 10.6. The first-order valence-electron chi connectivity index (χ1n) is 5.20. The lowest BCUT2D eigenvalue weighted by atomic mass is 10.2. The van der Waals surface area contributed by atoms with Crippen LogP contribution in [-0.2, 0) is 0 Å².